The molecule has 0 radical (unpaired) electrons. The van der Waals surface area contributed by atoms with Gasteiger partial charge in [-0.3, -0.25) is 0 Å². The molecule has 0 bridgehead atoms. The van der Waals surface area contributed by atoms with E-state index in [0.717, 1.165) is 29.7 Å². The van der Waals surface area contributed by atoms with Crippen molar-refractivity contribution >= 4 is 23.1 Å². The number of ether oxygens (including phenoxy) is 1. The molecule has 18 heavy (non-hydrogen) atoms. The molecule has 0 amide bonds. The second-order valence-electron chi connectivity index (χ2n) is 4.62. The van der Waals surface area contributed by atoms with E-state index < -0.39 is 0 Å². The zero-order valence-electron chi connectivity index (χ0n) is 10.9. The lowest BCUT2D eigenvalue weighted by Gasteiger charge is -2.14. The summed E-state index contributed by atoms with van der Waals surface area (Å²) in [7, 11) is 0. The van der Waals surface area contributed by atoms with Crippen LogP contribution >= 0.6 is 11.8 Å². The average Bonchev–Trinajstić information content (AvgIpc) is 2.89. The fourth-order valence-electron chi connectivity index (χ4n) is 2.02. The largest absolute Gasteiger partial charge is 0.491 e. The van der Waals surface area contributed by atoms with Crippen molar-refractivity contribution in [2.75, 3.05) is 30.0 Å². The Morgan fingerprint density at radius 1 is 1.50 bits per heavy atom. The Hall–Kier alpha value is -1.03. The number of anilines is 2. The second-order valence-corrected chi connectivity index (χ2v) is 6.03. The van der Waals surface area contributed by atoms with E-state index in [1.54, 1.807) is 0 Å². The van der Waals surface area contributed by atoms with Crippen molar-refractivity contribution in [3.8, 4) is 5.75 Å². The van der Waals surface area contributed by atoms with Crippen LogP contribution in [0.1, 0.15) is 26.2 Å². The molecule has 1 saturated heterocycles. The lowest BCUT2D eigenvalue weighted by molar-refractivity contribution is 0.319. The SMILES string of the molecule is CCCOc1cc(NCC2CCCS2)ccc1N. The molecule has 0 aromatic heterocycles. The first-order valence-electron chi connectivity index (χ1n) is 6.67. The van der Waals surface area contributed by atoms with E-state index in [1.165, 1.54) is 18.6 Å². The van der Waals surface area contributed by atoms with Crippen molar-refractivity contribution in [3.05, 3.63) is 18.2 Å². The minimum Gasteiger partial charge on any atom is -0.491 e. The Labute approximate surface area is 113 Å². The third-order valence-corrected chi connectivity index (χ3v) is 4.43. The Balaban J connectivity index is 1.91. The summed E-state index contributed by atoms with van der Waals surface area (Å²) in [6.07, 6.45) is 3.67. The highest BCUT2D eigenvalue weighted by molar-refractivity contribution is 8.00. The summed E-state index contributed by atoms with van der Waals surface area (Å²) in [5.41, 5.74) is 7.70. The lowest BCUT2D eigenvalue weighted by Crippen LogP contribution is -2.13. The standard InChI is InChI=1S/C14H22N2OS/c1-2-7-17-14-9-11(5-6-13(14)15)16-10-12-4-3-8-18-12/h5-6,9,12,16H,2-4,7-8,10,15H2,1H3. The molecule has 1 aliphatic rings. The molecule has 1 atom stereocenters. The number of hydrogen-bond donors (Lipinski definition) is 2. The van der Waals surface area contributed by atoms with E-state index in [0.29, 0.717) is 12.3 Å². The lowest BCUT2D eigenvalue weighted by atomic mass is 10.2. The van der Waals surface area contributed by atoms with E-state index in [2.05, 4.69) is 24.0 Å². The van der Waals surface area contributed by atoms with Gasteiger partial charge in [-0.25, -0.2) is 0 Å². The van der Waals surface area contributed by atoms with Crippen LogP contribution in [0, 0.1) is 0 Å². The van der Waals surface area contributed by atoms with Crippen molar-refractivity contribution in [1.29, 1.82) is 0 Å². The highest BCUT2D eigenvalue weighted by atomic mass is 32.2. The summed E-state index contributed by atoms with van der Waals surface area (Å²) in [5, 5.41) is 4.23. The first-order chi connectivity index (χ1) is 8.79. The first-order valence-corrected chi connectivity index (χ1v) is 7.72. The maximum Gasteiger partial charge on any atom is 0.144 e. The quantitative estimate of drug-likeness (QED) is 0.775. The number of thioether (sulfide) groups is 1. The van der Waals surface area contributed by atoms with Crippen LogP contribution in [0.3, 0.4) is 0 Å². The van der Waals surface area contributed by atoms with Gasteiger partial charge in [-0.2, -0.15) is 11.8 Å². The van der Waals surface area contributed by atoms with Gasteiger partial charge in [0.15, 0.2) is 0 Å². The highest BCUT2D eigenvalue weighted by Gasteiger charge is 2.15. The number of hydrogen-bond acceptors (Lipinski definition) is 4. The maximum absolute atomic E-state index is 5.89. The van der Waals surface area contributed by atoms with Crippen LogP contribution in [0.4, 0.5) is 11.4 Å². The zero-order valence-corrected chi connectivity index (χ0v) is 11.8. The van der Waals surface area contributed by atoms with E-state index in [9.17, 15) is 0 Å². The minimum absolute atomic E-state index is 0.712. The predicted octanol–water partition coefficient (Wildman–Crippen LogP) is 3.37. The van der Waals surface area contributed by atoms with E-state index in [4.69, 9.17) is 10.5 Å². The van der Waals surface area contributed by atoms with Gasteiger partial charge in [-0.05, 0) is 37.1 Å². The molecule has 1 fully saturated rings. The first kappa shape index (κ1) is 13.4. The zero-order chi connectivity index (χ0) is 12.8. The van der Waals surface area contributed by atoms with Gasteiger partial charge < -0.3 is 15.8 Å². The number of nitrogens with one attached hydrogen (secondary N) is 1. The smallest absolute Gasteiger partial charge is 0.144 e. The van der Waals surface area contributed by atoms with Crippen molar-refractivity contribution in [2.24, 2.45) is 0 Å². The molecule has 0 aliphatic carbocycles. The number of nitrogen functional groups attached to an aromatic ring is 1. The third-order valence-electron chi connectivity index (χ3n) is 3.03. The van der Waals surface area contributed by atoms with E-state index in [-0.39, 0.29) is 0 Å². The Morgan fingerprint density at radius 3 is 3.11 bits per heavy atom. The Bertz CT molecular complexity index is 378. The van der Waals surface area contributed by atoms with Crippen molar-refractivity contribution in [3.63, 3.8) is 0 Å². The fraction of sp³-hybridized carbons (Fsp3) is 0.571. The number of benzene rings is 1. The predicted molar refractivity (Wildman–Crippen MR) is 80.6 cm³/mol. The van der Waals surface area contributed by atoms with Crippen LogP contribution in [0.5, 0.6) is 5.75 Å². The van der Waals surface area contributed by atoms with Crippen molar-refractivity contribution < 1.29 is 4.74 Å². The molecular formula is C14H22N2OS. The van der Waals surface area contributed by atoms with Gasteiger partial charge in [0.2, 0.25) is 0 Å². The molecule has 1 heterocycles. The topological polar surface area (TPSA) is 47.3 Å². The number of rotatable bonds is 6. The van der Waals surface area contributed by atoms with Gasteiger partial charge in [0.1, 0.15) is 5.75 Å². The molecule has 1 unspecified atom stereocenters. The molecule has 4 heteroatoms. The fourth-order valence-corrected chi connectivity index (χ4v) is 3.22. The van der Waals surface area contributed by atoms with Crippen LogP contribution in [0.25, 0.3) is 0 Å². The van der Waals surface area contributed by atoms with Crippen LogP contribution in [-0.4, -0.2) is 24.2 Å². The van der Waals surface area contributed by atoms with Crippen molar-refractivity contribution in [2.45, 2.75) is 31.4 Å². The van der Waals surface area contributed by atoms with Gasteiger partial charge in [0.25, 0.3) is 0 Å². The van der Waals surface area contributed by atoms with Crippen molar-refractivity contribution in [1.82, 2.24) is 0 Å². The summed E-state index contributed by atoms with van der Waals surface area (Å²) in [5.74, 6) is 2.10. The van der Waals surface area contributed by atoms with Gasteiger partial charge in [-0.1, -0.05) is 6.92 Å². The molecule has 2 rings (SSSR count). The Kier molecular flexibility index (Phi) is 5.05. The van der Waals surface area contributed by atoms with Gasteiger partial charge in [0, 0.05) is 23.5 Å². The molecule has 1 aromatic carbocycles. The van der Waals surface area contributed by atoms with Crippen LogP contribution in [0.2, 0.25) is 0 Å². The third kappa shape index (κ3) is 3.73. The van der Waals surface area contributed by atoms with E-state index in [1.807, 2.05) is 18.2 Å². The Morgan fingerprint density at radius 2 is 2.39 bits per heavy atom. The maximum atomic E-state index is 5.89. The monoisotopic (exact) mass is 266 g/mol. The van der Waals surface area contributed by atoms with E-state index >= 15 is 0 Å². The minimum atomic E-state index is 0.712. The highest BCUT2D eigenvalue weighted by Crippen LogP contribution is 2.28. The summed E-state index contributed by atoms with van der Waals surface area (Å²) in [6, 6.07) is 5.94. The van der Waals surface area contributed by atoms with Crippen LogP contribution < -0.4 is 15.8 Å². The molecule has 0 spiro atoms. The molecule has 3 N–H and O–H groups in total. The van der Waals surface area contributed by atoms with Crippen LogP contribution in [-0.2, 0) is 0 Å². The van der Waals surface area contributed by atoms with Gasteiger partial charge >= 0.3 is 0 Å². The molecule has 1 aliphatic heterocycles. The van der Waals surface area contributed by atoms with Gasteiger partial charge in [-0.15, -0.1) is 0 Å². The summed E-state index contributed by atoms with van der Waals surface area (Å²) < 4.78 is 5.63. The number of nitrogens with two attached hydrogens (primary N) is 1. The molecule has 100 valence electrons. The average molecular weight is 266 g/mol. The normalized spacial score (nSPS) is 18.8. The summed E-state index contributed by atoms with van der Waals surface area (Å²) >= 11 is 2.06. The molecule has 1 aromatic rings. The molecular weight excluding hydrogens is 244 g/mol. The summed E-state index contributed by atoms with van der Waals surface area (Å²) in [6.45, 7) is 3.84. The summed E-state index contributed by atoms with van der Waals surface area (Å²) in [4.78, 5) is 0. The molecule has 3 nitrogen and oxygen atoms in total. The van der Waals surface area contributed by atoms with Gasteiger partial charge in [0.05, 0.1) is 12.3 Å². The van der Waals surface area contributed by atoms with Crippen LogP contribution in [0.15, 0.2) is 18.2 Å². The second kappa shape index (κ2) is 6.78. The molecule has 0 saturated carbocycles.